The molecule has 2 rings (SSSR count). The molecule has 0 radical (unpaired) electrons. The van der Waals surface area contributed by atoms with Gasteiger partial charge in [0.1, 0.15) is 5.82 Å². The summed E-state index contributed by atoms with van der Waals surface area (Å²) in [5.41, 5.74) is 1.05. The Kier molecular flexibility index (Phi) is 3.69. The monoisotopic (exact) mass is 289 g/mol. The van der Waals surface area contributed by atoms with Crippen LogP contribution in [0.25, 0.3) is 0 Å². The van der Waals surface area contributed by atoms with Gasteiger partial charge in [-0.25, -0.2) is 4.39 Å². The first-order valence-electron chi connectivity index (χ1n) is 4.98. The first kappa shape index (κ1) is 11.4. The molecule has 0 aromatic heterocycles. The first-order valence-corrected chi connectivity index (χ1v) is 7.00. The van der Waals surface area contributed by atoms with Crippen molar-refractivity contribution in [3.63, 3.8) is 0 Å². The second-order valence-electron chi connectivity index (χ2n) is 3.67. The first-order chi connectivity index (χ1) is 7.22. The molecule has 0 aliphatic carbocycles. The van der Waals surface area contributed by atoms with Crippen LogP contribution in [0.5, 0.6) is 0 Å². The molecular formula is C11H13BrFNS. The fraction of sp³-hybridized carbons (Fsp3) is 0.455. The van der Waals surface area contributed by atoms with Crippen molar-refractivity contribution in [2.24, 2.45) is 0 Å². The van der Waals surface area contributed by atoms with Crippen molar-refractivity contribution < 1.29 is 4.39 Å². The zero-order valence-electron chi connectivity index (χ0n) is 8.52. The highest BCUT2D eigenvalue weighted by atomic mass is 79.9. The third-order valence-corrected chi connectivity index (χ3v) is 4.40. The van der Waals surface area contributed by atoms with Crippen molar-refractivity contribution in [1.29, 1.82) is 0 Å². The smallest absolute Gasteiger partial charge is 0.138 e. The van der Waals surface area contributed by atoms with Crippen LogP contribution in [0, 0.1) is 5.82 Å². The molecule has 0 bridgehead atoms. The Balaban J connectivity index is 2.33. The van der Waals surface area contributed by atoms with Gasteiger partial charge in [-0.3, -0.25) is 0 Å². The Labute approximate surface area is 102 Å². The normalized spacial score (nSPS) is 20.9. The maximum Gasteiger partial charge on any atom is 0.138 e. The fourth-order valence-corrected chi connectivity index (χ4v) is 3.39. The zero-order chi connectivity index (χ0) is 10.8. The van der Waals surface area contributed by atoms with Crippen LogP contribution in [0.15, 0.2) is 21.5 Å². The molecule has 1 heterocycles. The molecule has 82 valence electrons. The maximum atomic E-state index is 13.7. The number of thioether (sulfide) groups is 1. The van der Waals surface area contributed by atoms with E-state index in [-0.39, 0.29) is 5.82 Å². The molecule has 0 amide bonds. The molecule has 1 aliphatic heterocycles. The Morgan fingerprint density at radius 2 is 2.33 bits per heavy atom. The van der Waals surface area contributed by atoms with Crippen molar-refractivity contribution >= 4 is 27.7 Å². The molecule has 1 fully saturated rings. The molecule has 1 N–H and O–H groups in total. The maximum absolute atomic E-state index is 13.7. The van der Waals surface area contributed by atoms with Crippen LogP contribution >= 0.6 is 27.7 Å². The summed E-state index contributed by atoms with van der Waals surface area (Å²) in [6.07, 6.45) is 4.16. The molecule has 1 saturated heterocycles. The molecule has 15 heavy (non-hydrogen) atoms. The molecule has 0 saturated carbocycles. The SMILES string of the molecule is CSc1c(F)cc(C2CCCN2)cc1Br. The van der Waals surface area contributed by atoms with Crippen molar-refractivity contribution in [3.05, 3.63) is 28.0 Å². The van der Waals surface area contributed by atoms with E-state index in [1.54, 1.807) is 6.07 Å². The number of halogens is 2. The van der Waals surface area contributed by atoms with Crippen molar-refractivity contribution in [2.75, 3.05) is 12.8 Å². The Bertz CT molecular complexity index is 341. The zero-order valence-corrected chi connectivity index (χ0v) is 10.9. The predicted molar refractivity (Wildman–Crippen MR) is 65.9 cm³/mol. The molecule has 1 aliphatic rings. The predicted octanol–water partition coefficient (Wildman–Crippen LogP) is 3.73. The summed E-state index contributed by atoms with van der Waals surface area (Å²) >= 11 is 4.85. The van der Waals surface area contributed by atoms with Gasteiger partial charge in [0.2, 0.25) is 0 Å². The van der Waals surface area contributed by atoms with Gasteiger partial charge in [-0.05, 0) is 59.3 Å². The van der Waals surface area contributed by atoms with Crippen LogP contribution in [-0.4, -0.2) is 12.8 Å². The summed E-state index contributed by atoms with van der Waals surface area (Å²) in [6, 6.07) is 4.00. The average Bonchev–Trinajstić information content (AvgIpc) is 2.69. The summed E-state index contributed by atoms with van der Waals surface area (Å²) in [5, 5.41) is 3.37. The Morgan fingerprint density at radius 3 is 2.87 bits per heavy atom. The van der Waals surface area contributed by atoms with E-state index in [4.69, 9.17) is 0 Å². The lowest BCUT2D eigenvalue weighted by molar-refractivity contribution is 0.584. The Morgan fingerprint density at radius 1 is 1.53 bits per heavy atom. The summed E-state index contributed by atoms with van der Waals surface area (Å²) in [7, 11) is 0. The van der Waals surface area contributed by atoms with Gasteiger partial charge in [0.25, 0.3) is 0 Å². The molecular weight excluding hydrogens is 277 g/mol. The summed E-state index contributed by atoms with van der Waals surface area (Å²) in [6.45, 7) is 1.04. The summed E-state index contributed by atoms with van der Waals surface area (Å²) < 4.78 is 14.5. The van der Waals surface area contributed by atoms with Crippen LogP contribution in [0.4, 0.5) is 4.39 Å². The summed E-state index contributed by atoms with van der Waals surface area (Å²) in [4.78, 5) is 0.691. The van der Waals surface area contributed by atoms with Gasteiger partial charge < -0.3 is 5.32 Å². The van der Waals surface area contributed by atoms with Crippen LogP contribution in [-0.2, 0) is 0 Å². The van der Waals surface area contributed by atoms with Gasteiger partial charge in [0.05, 0.1) is 4.90 Å². The number of benzene rings is 1. The second kappa shape index (κ2) is 4.85. The average molecular weight is 290 g/mol. The van der Waals surface area contributed by atoms with Crippen LogP contribution in [0.2, 0.25) is 0 Å². The van der Waals surface area contributed by atoms with E-state index in [1.165, 1.54) is 18.2 Å². The van der Waals surface area contributed by atoms with Gasteiger partial charge in [0, 0.05) is 10.5 Å². The third-order valence-electron chi connectivity index (χ3n) is 2.69. The van der Waals surface area contributed by atoms with Crippen LogP contribution in [0.3, 0.4) is 0 Å². The standard InChI is InChI=1S/C11H13BrFNS/c1-15-11-8(12)5-7(6-9(11)13)10-3-2-4-14-10/h5-6,10,14H,2-4H2,1H3. The van der Waals surface area contributed by atoms with Gasteiger partial charge >= 0.3 is 0 Å². The minimum atomic E-state index is -0.124. The van der Waals surface area contributed by atoms with Gasteiger partial charge in [0.15, 0.2) is 0 Å². The minimum Gasteiger partial charge on any atom is -0.310 e. The molecule has 4 heteroatoms. The lowest BCUT2D eigenvalue weighted by Gasteiger charge is -2.13. The van der Waals surface area contributed by atoms with E-state index in [1.807, 2.05) is 12.3 Å². The lowest BCUT2D eigenvalue weighted by Crippen LogP contribution is -2.13. The number of hydrogen-bond donors (Lipinski definition) is 1. The third kappa shape index (κ3) is 2.37. The lowest BCUT2D eigenvalue weighted by atomic mass is 10.1. The fourth-order valence-electron chi connectivity index (χ4n) is 1.94. The highest BCUT2D eigenvalue weighted by Crippen LogP contribution is 2.33. The number of rotatable bonds is 2. The second-order valence-corrected chi connectivity index (χ2v) is 5.34. The van der Waals surface area contributed by atoms with E-state index >= 15 is 0 Å². The number of nitrogens with one attached hydrogen (secondary N) is 1. The minimum absolute atomic E-state index is 0.124. The van der Waals surface area contributed by atoms with Gasteiger partial charge in [-0.2, -0.15) is 0 Å². The highest BCUT2D eigenvalue weighted by molar-refractivity contribution is 9.10. The molecule has 1 atom stereocenters. The van der Waals surface area contributed by atoms with E-state index in [0.717, 1.165) is 23.0 Å². The van der Waals surface area contributed by atoms with Crippen molar-refractivity contribution in [1.82, 2.24) is 5.32 Å². The molecule has 0 spiro atoms. The largest absolute Gasteiger partial charge is 0.310 e. The van der Waals surface area contributed by atoms with E-state index in [0.29, 0.717) is 10.9 Å². The topological polar surface area (TPSA) is 12.0 Å². The number of hydrogen-bond acceptors (Lipinski definition) is 2. The Hall–Kier alpha value is -0.0600. The molecule has 1 aromatic carbocycles. The highest BCUT2D eigenvalue weighted by Gasteiger charge is 2.18. The van der Waals surface area contributed by atoms with Crippen molar-refractivity contribution in [3.8, 4) is 0 Å². The van der Waals surface area contributed by atoms with E-state index in [2.05, 4.69) is 21.2 Å². The van der Waals surface area contributed by atoms with Crippen LogP contribution < -0.4 is 5.32 Å². The van der Waals surface area contributed by atoms with Crippen molar-refractivity contribution in [2.45, 2.75) is 23.8 Å². The van der Waals surface area contributed by atoms with Crippen LogP contribution in [0.1, 0.15) is 24.4 Å². The molecule has 1 nitrogen and oxygen atoms in total. The van der Waals surface area contributed by atoms with E-state index in [9.17, 15) is 4.39 Å². The van der Waals surface area contributed by atoms with Gasteiger partial charge in [-0.1, -0.05) is 0 Å². The van der Waals surface area contributed by atoms with E-state index < -0.39 is 0 Å². The summed E-state index contributed by atoms with van der Waals surface area (Å²) in [5.74, 6) is -0.124. The molecule has 1 unspecified atom stereocenters. The van der Waals surface area contributed by atoms with Gasteiger partial charge in [-0.15, -0.1) is 11.8 Å². The quantitative estimate of drug-likeness (QED) is 0.833. The molecule has 1 aromatic rings.